The Balaban J connectivity index is 1.41. The zero-order chi connectivity index (χ0) is 19.6. The van der Waals surface area contributed by atoms with Crippen molar-refractivity contribution in [3.63, 3.8) is 0 Å². The van der Waals surface area contributed by atoms with Gasteiger partial charge in [-0.3, -0.25) is 4.79 Å². The number of piperazine rings is 1. The third-order valence-electron chi connectivity index (χ3n) is 5.55. The predicted molar refractivity (Wildman–Crippen MR) is 114 cm³/mol. The van der Waals surface area contributed by atoms with Crippen molar-refractivity contribution in [3.8, 4) is 0 Å². The average molecular weight is 391 g/mol. The van der Waals surface area contributed by atoms with Crippen LogP contribution in [0.1, 0.15) is 30.0 Å². The fraction of sp³-hybridized carbons (Fsp3) is 0.381. The lowest BCUT2D eigenvalue weighted by Crippen LogP contribution is -2.43. The number of rotatable bonds is 7. The summed E-state index contributed by atoms with van der Waals surface area (Å²) in [6.07, 6.45) is 9.23. The van der Waals surface area contributed by atoms with Crippen LogP contribution in [0.5, 0.6) is 0 Å². The largest absolute Gasteiger partial charge is 0.379 e. The Hall–Kier alpha value is -3.13. The van der Waals surface area contributed by atoms with E-state index < -0.39 is 0 Å². The highest BCUT2D eigenvalue weighted by atomic mass is 16.1. The molecule has 2 fully saturated rings. The molecular weight excluding hydrogens is 366 g/mol. The molecule has 150 valence electrons. The molecule has 5 rings (SSSR count). The monoisotopic (exact) mass is 391 g/mol. The summed E-state index contributed by atoms with van der Waals surface area (Å²) in [7, 11) is 0. The minimum atomic E-state index is 0.523. The van der Waals surface area contributed by atoms with E-state index in [9.17, 15) is 4.79 Å². The number of hydrogen-bond donors (Lipinski definition) is 3. The number of nitrogens with zero attached hydrogens (tertiary/aromatic N) is 4. The molecule has 0 spiro atoms. The smallest absolute Gasteiger partial charge is 0.212 e. The molecule has 0 unspecified atom stereocenters. The number of anilines is 3. The highest BCUT2D eigenvalue weighted by molar-refractivity contribution is 5.72. The molecule has 3 aromatic rings. The first-order valence-corrected chi connectivity index (χ1v) is 10.2. The van der Waals surface area contributed by atoms with E-state index >= 15 is 0 Å². The summed E-state index contributed by atoms with van der Waals surface area (Å²) in [6.45, 7) is 4.63. The van der Waals surface area contributed by atoms with E-state index in [-0.39, 0.29) is 0 Å². The van der Waals surface area contributed by atoms with Crippen LogP contribution in [0.3, 0.4) is 0 Å². The molecular formula is C21H25N7O. The fourth-order valence-corrected chi connectivity index (χ4v) is 3.89. The number of carbonyl (C=O) groups is 1. The molecule has 8 nitrogen and oxygen atoms in total. The Morgan fingerprint density at radius 1 is 1.21 bits per heavy atom. The number of carbonyl (C=O) groups excluding carboxylic acids is 1. The van der Waals surface area contributed by atoms with Gasteiger partial charge < -0.3 is 25.3 Å². The number of hydrogen-bond acceptors (Lipinski definition) is 6. The maximum absolute atomic E-state index is 10.6. The number of imidazole rings is 1. The standard InChI is InChI=1S/C21H25N7O/c29-14-25-20-10-17(3-4-23-20)24-11-18-13-28-12-16(15-1-2-15)9-19(21(28)26-18)27-7-5-22-6-8-27/h3-4,9-10,12-15,22H,1-2,5-8,11H2,(H2,23,24,25,29). The van der Waals surface area contributed by atoms with E-state index in [1.807, 2.05) is 12.1 Å². The summed E-state index contributed by atoms with van der Waals surface area (Å²) in [5.74, 6) is 1.22. The van der Waals surface area contributed by atoms with Crippen molar-refractivity contribution < 1.29 is 4.79 Å². The Kier molecular flexibility index (Phi) is 4.77. The topological polar surface area (TPSA) is 86.6 Å². The van der Waals surface area contributed by atoms with Crippen LogP contribution in [0.25, 0.3) is 5.65 Å². The van der Waals surface area contributed by atoms with Gasteiger partial charge in [0.05, 0.1) is 17.9 Å². The zero-order valence-electron chi connectivity index (χ0n) is 16.3. The summed E-state index contributed by atoms with van der Waals surface area (Å²) in [4.78, 5) is 22.1. The first-order chi connectivity index (χ1) is 14.3. The second-order valence-electron chi connectivity index (χ2n) is 7.68. The zero-order valence-corrected chi connectivity index (χ0v) is 16.3. The predicted octanol–water partition coefficient (Wildman–Crippen LogP) is 2.20. The third kappa shape index (κ3) is 3.88. The average Bonchev–Trinajstić information content (AvgIpc) is 3.52. The van der Waals surface area contributed by atoms with Crippen LogP contribution in [-0.4, -0.2) is 47.0 Å². The Bertz CT molecular complexity index is 1020. The molecule has 1 aliphatic carbocycles. The molecule has 8 heteroatoms. The van der Waals surface area contributed by atoms with Gasteiger partial charge in [0.1, 0.15) is 5.82 Å². The molecule has 0 aromatic carbocycles. The van der Waals surface area contributed by atoms with Gasteiger partial charge in [0.15, 0.2) is 5.65 Å². The number of fused-ring (bicyclic) bond motifs is 1. The first-order valence-electron chi connectivity index (χ1n) is 10.2. The van der Waals surface area contributed by atoms with Crippen molar-refractivity contribution >= 4 is 29.2 Å². The lowest BCUT2D eigenvalue weighted by atomic mass is 10.1. The van der Waals surface area contributed by atoms with Crippen molar-refractivity contribution in [2.45, 2.75) is 25.3 Å². The van der Waals surface area contributed by atoms with Crippen molar-refractivity contribution in [2.75, 3.05) is 41.7 Å². The highest BCUT2D eigenvalue weighted by Gasteiger charge is 2.26. The van der Waals surface area contributed by atoms with Gasteiger partial charge in [-0.2, -0.15) is 0 Å². The van der Waals surface area contributed by atoms with Crippen LogP contribution in [0.15, 0.2) is 36.8 Å². The summed E-state index contributed by atoms with van der Waals surface area (Å²) < 4.78 is 2.19. The van der Waals surface area contributed by atoms with E-state index in [1.165, 1.54) is 24.1 Å². The molecule has 3 N–H and O–H groups in total. The molecule has 0 radical (unpaired) electrons. The quantitative estimate of drug-likeness (QED) is 0.536. The summed E-state index contributed by atoms with van der Waals surface area (Å²) in [5, 5.41) is 9.37. The minimum absolute atomic E-state index is 0.523. The van der Waals surface area contributed by atoms with Gasteiger partial charge in [0, 0.05) is 56.5 Å². The lowest BCUT2D eigenvalue weighted by molar-refractivity contribution is -0.105. The lowest BCUT2D eigenvalue weighted by Gasteiger charge is -2.30. The Morgan fingerprint density at radius 2 is 2.07 bits per heavy atom. The van der Waals surface area contributed by atoms with Crippen molar-refractivity contribution in [1.29, 1.82) is 0 Å². The molecule has 1 aliphatic heterocycles. The summed E-state index contributed by atoms with van der Waals surface area (Å²) in [6, 6.07) is 6.04. The van der Waals surface area contributed by atoms with Gasteiger partial charge in [0.2, 0.25) is 6.41 Å². The van der Waals surface area contributed by atoms with Crippen LogP contribution >= 0.6 is 0 Å². The third-order valence-corrected chi connectivity index (χ3v) is 5.55. The molecule has 0 atom stereocenters. The molecule has 1 saturated carbocycles. The van der Waals surface area contributed by atoms with Crippen LogP contribution < -0.4 is 20.9 Å². The summed E-state index contributed by atoms with van der Waals surface area (Å²) in [5.41, 5.74) is 5.55. The van der Waals surface area contributed by atoms with E-state index in [1.54, 1.807) is 6.20 Å². The minimum Gasteiger partial charge on any atom is -0.379 e. The molecule has 1 amide bonds. The van der Waals surface area contributed by atoms with E-state index in [2.05, 4.69) is 48.7 Å². The molecule has 4 heterocycles. The molecule has 29 heavy (non-hydrogen) atoms. The van der Waals surface area contributed by atoms with Gasteiger partial charge >= 0.3 is 0 Å². The SMILES string of the molecule is O=CNc1cc(NCc2cn3cc(C4CC4)cc(N4CCNCC4)c3n2)ccn1. The molecule has 2 aliphatic rings. The maximum Gasteiger partial charge on any atom is 0.212 e. The molecule has 3 aromatic heterocycles. The van der Waals surface area contributed by atoms with Crippen LogP contribution in [0.2, 0.25) is 0 Å². The van der Waals surface area contributed by atoms with Crippen molar-refractivity contribution in [3.05, 3.63) is 48.0 Å². The molecule has 0 bridgehead atoms. The highest BCUT2D eigenvalue weighted by Crippen LogP contribution is 2.41. The van der Waals surface area contributed by atoms with Gasteiger partial charge in [-0.25, -0.2) is 9.97 Å². The second kappa shape index (κ2) is 7.71. The van der Waals surface area contributed by atoms with Gasteiger partial charge in [0.25, 0.3) is 0 Å². The number of nitrogens with one attached hydrogen (secondary N) is 3. The van der Waals surface area contributed by atoms with Crippen LogP contribution in [-0.2, 0) is 11.3 Å². The molecule has 1 saturated heterocycles. The van der Waals surface area contributed by atoms with Crippen molar-refractivity contribution in [1.82, 2.24) is 19.7 Å². The number of pyridine rings is 2. The van der Waals surface area contributed by atoms with Gasteiger partial charge in [-0.1, -0.05) is 0 Å². The van der Waals surface area contributed by atoms with Crippen LogP contribution in [0, 0.1) is 0 Å². The number of amides is 1. The Labute approximate surface area is 169 Å². The van der Waals surface area contributed by atoms with Gasteiger partial charge in [-0.15, -0.1) is 0 Å². The normalized spacial score (nSPS) is 16.8. The van der Waals surface area contributed by atoms with E-state index in [0.717, 1.165) is 43.2 Å². The first kappa shape index (κ1) is 17.9. The second-order valence-corrected chi connectivity index (χ2v) is 7.68. The van der Waals surface area contributed by atoms with Crippen LogP contribution in [0.4, 0.5) is 17.2 Å². The Morgan fingerprint density at radius 3 is 2.86 bits per heavy atom. The van der Waals surface area contributed by atoms with E-state index in [4.69, 9.17) is 4.98 Å². The fourth-order valence-electron chi connectivity index (χ4n) is 3.89. The van der Waals surface area contributed by atoms with E-state index in [0.29, 0.717) is 24.7 Å². The number of aromatic nitrogens is 3. The summed E-state index contributed by atoms with van der Waals surface area (Å²) >= 11 is 0. The maximum atomic E-state index is 10.6. The van der Waals surface area contributed by atoms with Gasteiger partial charge in [-0.05, 0) is 36.5 Å². The van der Waals surface area contributed by atoms with Crippen molar-refractivity contribution in [2.24, 2.45) is 0 Å².